The second kappa shape index (κ2) is 5.11. The zero-order chi connectivity index (χ0) is 12.4. The second-order valence-corrected chi connectivity index (χ2v) is 5.20. The summed E-state index contributed by atoms with van der Waals surface area (Å²) in [5.41, 5.74) is 3.91. The zero-order valence-corrected chi connectivity index (χ0v) is 10.7. The first-order valence-electron chi connectivity index (χ1n) is 6.98. The number of carbonyl (C=O) groups excluding carboxylic acids is 1. The number of benzene rings is 1. The highest BCUT2D eigenvalue weighted by Crippen LogP contribution is 2.28. The summed E-state index contributed by atoms with van der Waals surface area (Å²) in [5.74, 6) is 0.305. The van der Waals surface area contributed by atoms with Crippen LogP contribution < -0.4 is 10.2 Å². The number of nitrogens with zero attached hydrogens (tertiary/aromatic N) is 1. The predicted octanol–water partition coefficient (Wildman–Crippen LogP) is 2.24. The molecule has 1 amide bonds. The Labute approximate surface area is 108 Å². The summed E-state index contributed by atoms with van der Waals surface area (Å²) >= 11 is 0. The molecule has 0 spiro atoms. The number of amides is 1. The molecule has 3 rings (SSSR count). The molecule has 0 unspecified atom stereocenters. The van der Waals surface area contributed by atoms with Crippen LogP contribution in [-0.2, 0) is 17.8 Å². The minimum atomic E-state index is 0.305. The number of carbonyl (C=O) groups is 1. The van der Waals surface area contributed by atoms with Crippen molar-refractivity contribution < 1.29 is 4.79 Å². The lowest BCUT2D eigenvalue weighted by atomic mass is 9.98. The highest BCUT2D eigenvalue weighted by Gasteiger charge is 2.22. The van der Waals surface area contributed by atoms with Gasteiger partial charge in [0.1, 0.15) is 0 Å². The van der Waals surface area contributed by atoms with Crippen LogP contribution in [0.25, 0.3) is 0 Å². The maximum Gasteiger partial charge on any atom is 0.226 e. The SMILES string of the molecule is O=C1CCCCCN1c1cccc2c1CCNC2. The molecule has 1 aromatic rings. The first kappa shape index (κ1) is 11.7. The van der Waals surface area contributed by atoms with Crippen LogP contribution in [0.15, 0.2) is 18.2 Å². The van der Waals surface area contributed by atoms with Crippen LogP contribution in [0.3, 0.4) is 0 Å². The number of hydrogen-bond donors (Lipinski definition) is 1. The van der Waals surface area contributed by atoms with Gasteiger partial charge in [-0.2, -0.15) is 0 Å². The van der Waals surface area contributed by atoms with Crippen molar-refractivity contribution in [1.82, 2.24) is 5.32 Å². The van der Waals surface area contributed by atoms with E-state index in [0.717, 1.165) is 38.9 Å². The fourth-order valence-electron chi connectivity index (χ4n) is 3.00. The van der Waals surface area contributed by atoms with E-state index in [1.807, 2.05) is 4.90 Å². The van der Waals surface area contributed by atoms with E-state index in [-0.39, 0.29) is 0 Å². The van der Waals surface area contributed by atoms with Gasteiger partial charge in [-0.05, 0) is 43.0 Å². The molecule has 0 aromatic heterocycles. The molecule has 2 aliphatic rings. The standard InChI is InChI=1S/C15H20N2O/c18-15-7-2-1-3-10-17(15)14-6-4-5-12-11-16-9-8-13(12)14/h4-6,16H,1-3,7-11H2. The molecule has 18 heavy (non-hydrogen) atoms. The number of rotatable bonds is 1. The summed E-state index contributed by atoms with van der Waals surface area (Å²) in [6.45, 7) is 2.85. The van der Waals surface area contributed by atoms with Crippen molar-refractivity contribution >= 4 is 11.6 Å². The molecular formula is C15H20N2O. The lowest BCUT2D eigenvalue weighted by Gasteiger charge is -2.27. The Morgan fingerprint density at radius 1 is 1.11 bits per heavy atom. The minimum absolute atomic E-state index is 0.305. The number of hydrogen-bond acceptors (Lipinski definition) is 2. The third-order valence-electron chi connectivity index (χ3n) is 3.98. The largest absolute Gasteiger partial charge is 0.312 e. The zero-order valence-electron chi connectivity index (χ0n) is 10.7. The van der Waals surface area contributed by atoms with Crippen molar-refractivity contribution in [1.29, 1.82) is 0 Å². The first-order valence-corrected chi connectivity index (χ1v) is 6.98. The maximum atomic E-state index is 12.2. The molecule has 1 fully saturated rings. The van der Waals surface area contributed by atoms with Crippen molar-refractivity contribution in [2.75, 3.05) is 18.0 Å². The van der Waals surface area contributed by atoms with Gasteiger partial charge in [0.15, 0.2) is 0 Å². The van der Waals surface area contributed by atoms with Gasteiger partial charge in [0.2, 0.25) is 5.91 Å². The fraction of sp³-hybridized carbons (Fsp3) is 0.533. The molecule has 0 aliphatic carbocycles. The fourth-order valence-corrected chi connectivity index (χ4v) is 3.00. The summed E-state index contributed by atoms with van der Waals surface area (Å²) in [7, 11) is 0. The Balaban J connectivity index is 1.97. The summed E-state index contributed by atoms with van der Waals surface area (Å²) in [6, 6.07) is 6.38. The van der Waals surface area contributed by atoms with E-state index in [9.17, 15) is 4.79 Å². The molecule has 0 saturated carbocycles. The van der Waals surface area contributed by atoms with Gasteiger partial charge >= 0.3 is 0 Å². The molecular weight excluding hydrogens is 224 g/mol. The third kappa shape index (κ3) is 2.15. The van der Waals surface area contributed by atoms with Crippen LogP contribution in [0.5, 0.6) is 0 Å². The van der Waals surface area contributed by atoms with Gasteiger partial charge in [-0.15, -0.1) is 0 Å². The van der Waals surface area contributed by atoms with Crippen LogP contribution in [0.4, 0.5) is 5.69 Å². The molecule has 0 atom stereocenters. The molecule has 2 heterocycles. The van der Waals surface area contributed by atoms with Gasteiger partial charge in [-0.3, -0.25) is 4.79 Å². The summed E-state index contributed by atoms with van der Waals surface area (Å²) in [5, 5.41) is 3.39. The van der Waals surface area contributed by atoms with Gasteiger partial charge in [-0.1, -0.05) is 18.6 Å². The maximum absolute atomic E-state index is 12.2. The van der Waals surface area contributed by atoms with E-state index in [0.29, 0.717) is 12.3 Å². The topological polar surface area (TPSA) is 32.3 Å². The smallest absolute Gasteiger partial charge is 0.226 e. The Morgan fingerprint density at radius 2 is 2.06 bits per heavy atom. The van der Waals surface area contributed by atoms with Gasteiger partial charge in [0.25, 0.3) is 0 Å². The highest BCUT2D eigenvalue weighted by atomic mass is 16.2. The van der Waals surface area contributed by atoms with E-state index in [1.54, 1.807) is 0 Å². The highest BCUT2D eigenvalue weighted by molar-refractivity contribution is 5.94. The molecule has 3 nitrogen and oxygen atoms in total. The predicted molar refractivity (Wildman–Crippen MR) is 72.7 cm³/mol. The van der Waals surface area contributed by atoms with Crippen molar-refractivity contribution in [3.63, 3.8) is 0 Å². The quantitative estimate of drug-likeness (QED) is 0.821. The van der Waals surface area contributed by atoms with Gasteiger partial charge in [0.05, 0.1) is 0 Å². The van der Waals surface area contributed by atoms with Crippen LogP contribution in [0.2, 0.25) is 0 Å². The lowest BCUT2D eigenvalue weighted by molar-refractivity contribution is -0.118. The Bertz CT molecular complexity index is 456. The number of fused-ring (bicyclic) bond motifs is 1. The van der Waals surface area contributed by atoms with E-state index in [4.69, 9.17) is 0 Å². The van der Waals surface area contributed by atoms with E-state index in [1.165, 1.54) is 23.2 Å². The summed E-state index contributed by atoms with van der Waals surface area (Å²) < 4.78 is 0. The molecule has 0 bridgehead atoms. The summed E-state index contributed by atoms with van der Waals surface area (Å²) in [4.78, 5) is 14.2. The third-order valence-corrected chi connectivity index (χ3v) is 3.98. The van der Waals surface area contributed by atoms with Gasteiger partial charge in [0, 0.05) is 25.2 Å². The number of nitrogens with one attached hydrogen (secondary N) is 1. The molecule has 0 radical (unpaired) electrons. The molecule has 1 saturated heterocycles. The van der Waals surface area contributed by atoms with Crippen LogP contribution in [-0.4, -0.2) is 19.0 Å². The first-order chi connectivity index (χ1) is 8.86. The van der Waals surface area contributed by atoms with E-state index < -0.39 is 0 Å². The van der Waals surface area contributed by atoms with Crippen LogP contribution >= 0.6 is 0 Å². The van der Waals surface area contributed by atoms with Gasteiger partial charge in [-0.25, -0.2) is 0 Å². The molecule has 3 heteroatoms. The van der Waals surface area contributed by atoms with Gasteiger partial charge < -0.3 is 10.2 Å². The van der Waals surface area contributed by atoms with Crippen LogP contribution in [0, 0.1) is 0 Å². The lowest BCUT2D eigenvalue weighted by Crippen LogP contribution is -2.33. The van der Waals surface area contributed by atoms with Crippen LogP contribution in [0.1, 0.15) is 36.8 Å². The van der Waals surface area contributed by atoms with Crippen molar-refractivity contribution in [3.05, 3.63) is 29.3 Å². The molecule has 1 N–H and O–H groups in total. The van der Waals surface area contributed by atoms with E-state index >= 15 is 0 Å². The Kier molecular flexibility index (Phi) is 3.33. The molecule has 2 aliphatic heterocycles. The average Bonchev–Trinajstić information content (AvgIpc) is 2.63. The monoisotopic (exact) mass is 244 g/mol. The van der Waals surface area contributed by atoms with Crippen molar-refractivity contribution in [2.45, 2.75) is 38.6 Å². The normalized spacial score (nSPS) is 20.4. The summed E-state index contributed by atoms with van der Waals surface area (Å²) in [6.07, 6.45) is 5.11. The minimum Gasteiger partial charge on any atom is -0.312 e. The average molecular weight is 244 g/mol. The van der Waals surface area contributed by atoms with Crippen molar-refractivity contribution in [2.24, 2.45) is 0 Å². The van der Waals surface area contributed by atoms with Crippen molar-refractivity contribution in [3.8, 4) is 0 Å². The molecule has 1 aromatic carbocycles. The number of anilines is 1. The second-order valence-electron chi connectivity index (χ2n) is 5.20. The van der Waals surface area contributed by atoms with E-state index in [2.05, 4.69) is 23.5 Å². The molecule has 96 valence electrons. The Morgan fingerprint density at radius 3 is 3.00 bits per heavy atom. The Hall–Kier alpha value is -1.35.